The molecule has 7 rings (SSSR count). The van der Waals surface area contributed by atoms with Gasteiger partial charge in [0.25, 0.3) is 0 Å². The van der Waals surface area contributed by atoms with E-state index in [0.717, 1.165) is 18.5 Å². The van der Waals surface area contributed by atoms with Crippen LogP contribution in [0.3, 0.4) is 0 Å². The monoisotopic (exact) mass is 824 g/mol. The van der Waals surface area contributed by atoms with Crippen molar-refractivity contribution in [2.45, 2.75) is 104 Å². The molecule has 4 aromatic heterocycles. The molecule has 0 bridgehead atoms. The first kappa shape index (κ1) is 41.1. The van der Waals surface area contributed by atoms with Crippen LogP contribution >= 0.6 is 45.3 Å². The zero-order valence-electron chi connectivity index (χ0n) is 33.6. The van der Waals surface area contributed by atoms with E-state index >= 15 is 0 Å². The first-order chi connectivity index (χ1) is 28.2. The lowest BCUT2D eigenvalue weighted by atomic mass is 10.0. The van der Waals surface area contributed by atoms with Crippen LogP contribution in [0.1, 0.15) is 107 Å². The second-order valence-electron chi connectivity index (χ2n) is 14.9. The highest BCUT2D eigenvalue weighted by Crippen LogP contribution is 2.49. The molecule has 0 aliphatic rings. The molecular formula is C51H56N2S4. The molecule has 2 nitrogen and oxygen atoms in total. The third-order valence-corrected chi connectivity index (χ3v) is 15.5. The molecule has 6 heteroatoms. The van der Waals surface area contributed by atoms with Crippen LogP contribution in [0.25, 0.3) is 29.3 Å². The Bertz CT molecular complexity index is 2200. The Kier molecular flexibility index (Phi) is 15.6. The van der Waals surface area contributed by atoms with E-state index in [4.69, 9.17) is 4.99 Å². The minimum absolute atomic E-state index is 0.991. The van der Waals surface area contributed by atoms with E-state index in [1.165, 1.54) is 139 Å². The maximum atomic E-state index is 4.77. The SMILES string of the molecule is CCCCCCCCc1cc(-c2cc(CCCCCCCC)c(-c3ccc(N(c4ccccc4)c4ccccc4)s3)s2)sc1-c1ccc(C=Nc2ccccc2)s1. The normalized spacial score (nSPS) is 11.5. The first-order valence-corrected chi connectivity index (χ1v) is 24.4. The van der Waals surface area contributed by atoms with Gasteiger partial charge in [-0.2, -0.15) is 0 Å². The summed E-state index contributed by atoms with van der Waals surface area (Å²) in [5.74, 6) is 0. The van der Waals surface area contributed by atoms with Crippen LogP contribution in [0.15, 0.2) is 132 Å². The number of unbranched alkanes of at least 4 members (excludes halogenated alkanes) is 10. The summed E-state index contributed by atoms with van der Waals surface area (Å²) in [6.07, 6.45) is 20.0. The molecule has 0 saturated carbocycles. The van der Waals surface area contributed by atoms with Crippen LogP contribution in [0, 0.1) is 0 Å². The fourth-order valence-electron chi connectivity index (χ4n) is 7.40. The minimum Gasteiger partial charge on any atom is -0.302 e. The lowest BCUT2D eigenvalue weighted by Gasteiger charge is -2.23. The number of rotatable bonds is 22. The summed E-state index contributed by atoms with van der Waals surface area (Å²) < 4.78 is 0. The molecule has 3 aromatic carbocycles. The highest BCUT2D eigenvalue weighted by molar-refractivity contribution is 7.29. The summed E-state index contributed by atoms with van der Waals surface area (Å²) in [7, 11) is 0. The van der Waals surface area contributed by atoms with E-state index in [0.29, 0.717) is 0 Å². The largest absolute Gasteiger partial charge is 0.302 e. The molecule has 0 radical (unpaired) electrons. The fraction of sp³-hybridized carbons (Fsp3) is 0.314. The summed E-state index contributed by atoms with van der Waals surface area (Å²) >= 11 is 7.78. The molecule has 0 atom stereocenters. The van der Waals surface area contributed by atoms with Gasteiger partial charge >= 0.3 is 0 Å². The molecule has 0 amide bonds. The number of anilines is 3. The number of aliphatic imine (C=N–C) groups is 1. The van der Waals surface area contributed by atoms with Gasteiger partial charge in [0.05, 0.1) is 5.69 Å². The second kappa shape index (κ2) is 21.6. The van der Waals surface area contributed by atoms with Crippen molar-refractivity contribution in [2.24, 2.45) is 4.99 Å². The molecule has 7 aromatic rings. The average molecular weight is 825 g/mol. The van der Waals surface area contributed by atoms with Crippen molar-refractivity contribution in [2.75, 3.05) is 4.90 Å². The maximum absolute atomic E-state index is 4.77. The van der Waals surface area contributed by atoms with Gasteiger partial charge in [-0.15, -0.1) is 45.3 Å². The fourth-order valence-corrected chi connectivity index (χ4v) is 12.1. The van der Waals surface area contributed by atoms with Crippen LogP contribution in [-0.4, -0.2) is 6.21 Å². The van der Waals surface area contributed by atoms with Crippen molar-refractivity contribution in [3.8, 4) is 29.3 Å². The van der Waals surface area contributed by atoms with Crippen molar-refractivity contribution >= 4 is 73.6 Å². The third-order valence-electron chi connectivity index (χ3n) is 10.5. The van der Waals surface area contributed by atoms with Crippen LogP contribution in [-0.2, 0) is 12.8 Å². The highest BCUT2D eigenvalue weighted by Gasteiger charge is 2.21. The van der Waals surface area contributed by atoms with Gasteiger partial charge in [0.1, 0.15) is 5.00 Å². The number of thiophene rings is 4. The van der Waals surface area contributed by atoms with E-state index in [1.807, 2.05) is 69.8 Å². The van der Waals surface area contributed by atoms with Crippen LogP contribution in [0.2, 0.25) is 0 Å². The Morgan fingerprint density at radius 3 is 1.47 bits per heavy atom. The minimum atomic E-state index is 0.991. The van der Waals surface area contributed by atoms with E-state index in [2.05, 4.69) is 128 Å². The Labute approximate surface area is 357 Å². The third kappa shape index (κ3) is 11.3. The zero-order chi connectivity index (χ0) is 39.1. The van der Waals surface area contributed by atoms with Crippen LogP contribution in [0.5, 0.6) is 0 Å². The number of aryl methyl sites for hydroxylation is 2. The molecule has 0 N–H and O–H groups in total. The molecule has 4 heterocycles. The van der Waals surface area contributed by atoms with Crippen molar-refractivity contribution in [3.05, 3.63) is 143 Å². The van der Waals surface area contributed by atoms with Crippen LogP contribution in [0.4, 0.5) is 22.1 Å². The van der Waals surface area contributed by atoms with Crippen LogP contribution < -0.4 is 4.90 Å². The van der Waals surface area contributed by atoms with Gasteiger partial charge in [0.2, 0.25) is 0 Å². The molecule has 0 aliphatic heterocycles. The second-order valence-corrected chi connectivity index (χ2v) is 19.2. The lowest BCUT2D eigenvalue weighted by Crippen LogP contribution is -2.07. The average Bonchev–Trinajstić information content (AvgIpc) is 4.08. The van der Waals surface area contributed by atoms with Gasteiger partial charge in [0.15, 0.2) is 0 Å². The summed E-state index contributed by atoms with van der Waals surface area (Å²) in [6, 6.07) is 46.2. The topological polar surface area (TPSA) is 15.6 Å². The molecule has 0 unspecified atom stereocenters. The summed E-state index contributed by atoms with van der Waals surface area (Å²) in [5, 5.41) is 1.24. The van der Waals surface area contributed by atoms with Crippen molar-refractivity contribution in [3.63, 3.8) is 0 Å². The summed E-state index contributed by atoms with van der Waals surface area (Å²) in [5.41, 5.74) is 6.37. The van der Waals surface area contributed by atoms with Crippen molar-refractivity contribution in [1.82, 2.24) is 0 Å². The predicted octanol–water partition coefficient (Wildman–Crippen LogP) is 18.0. The lowest BCUT2D eigenvalue weighted by molar-refractivity contribution is 0.608. The summed E-state index contributed by atoms with van der Waals surface area (Å²) in [4.78, 5) is 16.8. The van der Waals surface area contributed by atoms with Crippen molar-refractivity contribution in [1.29, 1.82) is 0 Å². The van der Waals surface area contributed by atoms with Gasteiger partial charge in [-0.1, -0.05) is 133 Å². The van der Waals surface area contributed by atoms with Gasteiger partial charge in [-0.3, -0.25) is 4.99 Å². The van der Waals surface area contributed by atoms with E-state index in [1.54, 1.807) is 0 Å². The molecule has 0 aliphatic carbocycles. The van der Waals surface area contributed by atoms with Gasteiger partial charge < -0.3 is 4.90 Å². The molecular weight excluding hydrogens is 769 g/mol. The maximum Gasteiger partial charge on any atom is 0.101 e. The standard InChI is InChI=1S/C51H56N2S4/c1-3-5-7-9-11-16-24-39-36-47(56-50(39)45-33-32-44(54-45)38-52-41-26-18-13-19-27-41)48-37-40(25-17-12-10-8-6-4-2)51(57-48)46-34-35-49(55-46)53(42-28-20-14-21-29-42)43-30-22-15-23-31-43/h13-15,18-23,26-38H,3-12,16-17,24-25H2,1-2H3. The van der Waals surface area contributed by atoms with E-state index in [-0.39, 0.29) is 0 Å². The Hall–Kier alpha value is -4.07. The van der Waals surface area contributed by atoms with Crippen molar-refractivity contribution < 1.29 is 0 Å². The number of hydrogen-bond donors (Lipinski definition) is 0. The molecule has 0 saturated heterocycles. The molecule has 294 valence electrons. The predicted molar refractivity (Wildman–Crippen MR) is 257 cm³/mol. The van der Waals surface area contributed by atoms with Gasteiger partial charge in [-0.05, 0) is 110 Å². The molecule has 57 heavy (non-hydrogen) atoms. The number of benzene rings is 3. The first-order valence-electron chi connectivity index (χ1n) is 21.2. The smallest absolute Gasteiger partial charge is 0.101 e. The number of para-hydroxylation sites is 3. The summed E-state index contributed by atoms with van der Waals surface area (Å²) in [6.45, 7) is 4.60. The molecule has 0 fully saturated rings. The van der Waals surface area contributed by atoms with E-state index in [9.17, 15) is 0 Å². The Morgan fingerprint density at radius 1 is 0.456 bits per heavy atom. The Balaban J connectivity index is 1.21. The Morgan fingerprint density at radius 2 is 0.930 bits per heavy atom. The number of hydrogen-bond acceptors (Lipinski definition) is 6. The van der Waals surface area contributed by atoms with Gasteiger partial charge in [0, 0.05) is 51.7 Å². The van der Waals surface area contributed by atoms with Gasteiger partial charge in [-0.25, -0.2) is 0 Å². The quantitative estimate of drug-likeness (QED) is 0.0491. The molecule has 0 spiro atoms. The highest BCUT2D eigenvalue weighted by atomic mass is 32.1. The van der Waals surface area contributed by atoms with E-state index < -0.39 is 0 Å². The number of nitrogens with zero attached hydrogens (tertiary/aromatic N) is 2. The zero-order valence-corrected chi connectivity index (χ0v) is 36.9.